The molecule has 0 bridgehead atoms. The van der Waals surface area contributed by atoms with E-state index in [-0.39, 0.29) is 40.5 Å². The Kier molecular flexibility index (Phi) is 8.45. The lowest BCUT2D eigenvalue weighted by molar-refractivity contribution is -0.123. The standard InChI is InChI=1S/C23H31N3O6S/c1-15(2)24-21(27)14-32-18-12-11-16(13-19(18)31-6)22(28)25-17-9-7-8-10-20(17)33(29,30)26-23(3,4)5/h7-13,15,26H,14H2,1-6H3,(H,24,27)(H,25,28). The van der Waals surface area contributed by atoms with Crippen LogP contribution >= 0.6 is 0 Å². The van der Waals surface area contributed by atoms with Crippen LogP contribution in [0, 0.1) is 0 Å². The Balaban J connectivity index is 2.22. The number of hydrogen-bond acceptors (Lipinski definition) is 6. The summed E-state index contributed by atoms with van der Waals surface area (Å²) in [6.07, 6.45) is 0. The van der Waals surface area contributed by atoms with Crippen LogP contribution in [0.15, 0.2) is 47.4 Å². The van der Waals surface area contributed by atoms with E-state index in [1.165, 1.54) is 37.4 Å². The zero-order chi connectivity index (χ0) is 24.8. The fourth-order valence-corrected chi connectivity index (χ4v) is 4.47. The van der Waals surface area contributed by atoms with E-state index in [0.29, 0.717) is 5.75 Å². The predicted octanol–water partition coefficient (Wildman–Crippen LogP) is 2.93. The molecule has 33 heavy (non-hydrogen) atoms. The average Bonchev–Trinajstić information content (AvgIpc) is 2.70. The maximum Gasteiger partial charge on any atom is 0.258 e. The molecule has 0 aliphatic rings. The molecule has 2 aromatic rings. The first-order valence-electron chi connectivity index (χ1n) is 10.4. The zero-order valence-electron chi connectivity index (χ0n) is 19.7. The van der Waals surface area contributed by atoms with E-state index in [1.54, 1.807) is 32.9 Å². The Morgan fingerprint density at radius 2 is 1.70 bits per heavy atom. The Morgan fingerprint density at radius 3 is 2.30 bits per heavy atom. The molecule has 0 saturated carbocycles. The average molecular weight is 478 g/mol. The number of hydrogen-bond donors (Lipinski definition) is 3. The molecule has 0 saturated heterocycles. The number of ether oxygens (including phenoxy) is 2. The Bertz CT molecular complexity index is 1110. The van der Waals surface area contributed by atoms with Crippen molar-refractivity contribution >= 4 is 27.5 Å². The fraction of sp³-hybridized carbons (Fsp3) is 0.391. The molecule has 0 aromatic heterocycles. The van der Waals surface area contributed by atoms with E-state index in [1.807, 2.05) is 13.8 Å². The molecule has 2 rings (SSSR count). The summed E-state index contributed by atoms with van der Waals surface area (Å²) in [6, 6.07) is 10.6. The summed E-state index contributed by atoms with van der Waals surface area (Å²) in [4.78, 5) is 24.6. The van der Waals surface area contributed by atoms with Crippen LogP contribution in [-0.4, -0.2) is 45.5 Å². The molecule has 3 N–H and O–H groups in total. The van der Waals surface area contributed by atoms with Crippen molar-refractivity contribution in [1.82, 2.24) is 10.0 Å². The topological polar surface area (TPSA) is 123 Å². The highest BCUT2D eigenvalue weighted by atomic mass is 32.2. The number of methoxy groups -OCH3 is 1. The number of amides is 2. The number of nitrogens with one attached hydrogen (secondary N) is 3. The second kappa shape index (κ2) is 10.7. The van der Waals surface area contributed by atoms with E-state index in [2.05, 4.69) is 15.4 Å². The summed E-state index contributed by atoms with van der Waals surface area (Å²) in [7, 11) is -2.45. The summed E-state index contributed by atoms with van der Waals surface area (Å²) in [5.41, 5.74) is -0.323. The Hall–Kier alpha value is -3.11. The normalized spacial score (nSPS) is 11.7. The maximum atomic E-state index is 12.9. The van der Waals surface area contributed by atoms with Gasteiger partial charge in [0, 0.05) is 17.1 Å². The molecule has 2 amide bonds. The number of anilines is 1. The lowest BCUT2D eigenvalue weighted by Crippen LogP contribution is -2.40. The molecule has 0 atom stereocenters. The van der Waals surface area contributed by atoms with Crippen LogP contribution in [0.3, 0.4) is 0 Å². The van der Waals surface area contributed by atoms with E-state index >= 15 is 0 Å². The molecule has 2 aromatic carbocycles. The molecule has 180 valence electrons. The number of sulfonamides is 1. The quantitative estimate of drug-likeness (QED) is 0.510. The molecule has 0 aliphatic carbocycles. The molecular formula is C23H31N3O6S. The first kappa shape index (κ1) is 26.1. The van der Waals surface area contributed by atoms with Gasteiger partial charge in [-0.05, 0) is 65.0 Å². The summed E-state index contributed by atoms with van der Waals surface area (Å²) in [5.74, 6) is -0.257. The molecule has 0 aliphatic heterocycles. The van der Waals surface area contributed by atoms with Gasteiger partial charge in [0.2, 0.25) is 10.0 Å². The van der Waals surface area contributed by atoms with Crippen LogP contribution in [0.5, 0.6) is 11.5 Å². The molecule has 9 nitrogen and oxygen atoms in total. The highest BCUT2D eigenvalue weighted by Crippen LogP contribution is 2.29. The lowest BCUT2D eigenvalue weighted by atomic mass is 10.1. The summed E-state index contributed by atoms with van der Waals surface area (Å²) in [5, 5.41) is 5.36. The van der Waals surface area contributed by atoms with Gasteiger partial charge in [-0.15, -0.1) is 0 Å². The molecule has 0 unspecified atom stereocenters. The number of rotatable bonds is 9. The van der Waals surface area contributed by atoms with Gasteiger partial charge in [0.25, 0.3) is 11.8 Å². The minimum atomic E-state index is -3.87. The molecule has 0 radical (unpaired) electrons. The van der Waals surface area contributed by atoms with E-state index in [0.717, 1.165) is 0 Å². The monoisotopic (exact) mass is 477 g/mol. The SMILES string of the molecule is COc1cc(C(=O)Nc2ccccc2S(=O)(=O)NC(C)(C)C)ccc1OCC(=O)NC(C)C. The minimum absolute atomic E-state index is 0.0145. The summed E-state index contributed by atoms with van der Waals surface area (Å²) < 4.78 is 39.0. The smallest absolute Gasteiger partial charge is 0.258 e. The molecule has 0 spiro atoms. The Morgan fingerprint density at radius 1 is 1.03 bits per heavy atom. The first-order valence-corrected chi connectivity index (χ1v) is 11.9. The van der Waals surface area contributed by atoms with Gasteiger partial charge in [0.1, 0.15) is 4.90 Å². The summed E-state index contributed by atoms with van der Waals surface area (Å²) >= 11 is 0. The van der Waals surface area contributed by atoms with Crippen molar-refractivity contribution in [1.29, 1.82) is 0 Å². The fourth-order valence-electron chi connectivity index (χ4n) is 2.89. The molecule has 0 heterocycles. The van der Waals surface area contributed by atoms with Crippen LogP contribution in [0.25, 0.3) is 0 Å². The van der Waals surface area contributed by atoms with Crippen LogP contribution in [0.1, 0.15) is 45.0 Å². The number of benzene rings is 2. The van der Waals surface area contributed by atoms with Gasteiger partial charge in [-0.2, -0.15) is 0 Å². The van der Waals surface area contributed by atoms with Crippen molar-refractivity contribution in [2.45, 2.75) is 51.1 Å². The van der Waals surface area contributed by atoms with Crippen LogP contribution in [0.2, 0.25) is 0 Å². The first-order chi connectivity index (χ1) is 15.3. The largest absolute Gasteiger partial charge is 0.493 e. The second-order valence-corrected chi connectivity index (χ2v) is 10.3. The van der Waals surface area contributed by atoms with Crippen molar-refractivity contribution in [3.05, 3.63) is 48.0 Å². The molecule has 0 fully saturated rings. The summed E-state index contributed by atoms with van der Waals surface area (Å²) in [6.45, 7) is 8.67. The van der Waals surface area contributed by atoms with Crippen molar-refractivity contribution in [2.24, 2.45) is 0 Å². The van der Waals surface area contributed by atoms with Gasteiger partial charge in [-0.25, -0.2) is 13.1 Å². The highest BCUT2D eigenvalue weighted by Gasteiger charge is 2.25. The Labute approximate surface area is 194 Å². The lowest BCUT2D eigenvalue weighted by Gasteiger charge is -2.21. The number of para-hydroxylation sites is 1. The maximum absolute atomic E-state index is 12.9. The van der Waals surface area contributed by atoms with Crippen molar-refractivity contribution in [3.63, 3.8) is 0 Å². The third-order valence-electron chi connectivity index (χ3n) is 4.10. The van der Waals surface area contributed by atoms with Crippen molar-refractivity contribution in [3.8, 4) is 11.5 Å². The minimum Gasteiger partial charge on any atom is -0.493 e. The van der Waals surface area contributed by atoms with Gasteiger partial charge in [0.15, 0.2) is 18.1 Å². The highest BCUT2D eigenvalue weighted by molar-refractivity contribution is 7.89. The van der Waals surface area contributed by atoms with E-state index < -0.39 is 21.5 Å². The van der Waals surface area contributed by atoms with Crippen LogP contribution < -0.4 is 24.8 Å². The third kappa shape index (κ3) is 7.76. The van der Waals surface area contributed by atoms with Crippen molar-refractivity contribution in [2.75, 3.05) is 19.0 Å². The van der Waals surface area contributed by atoms with Gasteiger partial charge in [-0.3, -0.25) is 9.59 Å². The van der Waals surface area contributed by atoms with Crippen LogP contribution in [-0.2, 0) is 14.8 Å². The van der Waals surface area contributed by atoms with Gasteiger partial charge in [0.05, 0.1) is 12.8 Å². The molecule has 10 heteroatoms. The number of carbonyl (C=O) groups is 2. The van der Waals surface area contributed by atoms with Gasteiger partial charge < -0.3 is 20.1 Å². The van der Waals surface area contributed by atoms with Crippen molar-refractivity contribution < 1.29 is 27.5 Å². The number of carbonyl (C=O) groups excluding carboxylic acids is 2. The third-order valence-corrected chi connectivity index (χ3v) is 5.92. The predicted molar refractivity (Wildman–Crippen MR) is 126 cm³/mol. The van der Waals surface area contributed by atoms with E-state index in [4.69, 9.17) is 9.47 Å². The van der Waals surface area contributed by atoms with Gasteiger partial charge in [-0.1, -0.05) is 12.1 Å². The van der Waals surface area contributed by atoms with Gasteiger partial charge >= 0.3 is 0 Å². The van der Waals surface area contributed by atoms with Crippen LogP contribution in [0.4, 0.5) is 5.69 Å². The molecular weight excluding hydrogens is 446 g/mol. The second-order valence-electron chi connectivity index (χ2n) is 8.68. The zero-order valence-corrected chi connectivity index (χ0v) is 20.5. The van der Waals surface area contributed by atoms with E-state index in [9.17, 15) is 18.0 Å².